The number of hydrogen-bond acceptors (Lipinski definition) is 4. The Bertz CT molecular complexity index is 465. The molecule has 0 aliphatic carbocycles. The van der Waals surface area contributed by atoms with Crippen LogP contribution in [0.3, 0.4) is 0 Å². The predicted molar refractivity (Wildman–Crippen MR) is 75.9 cm³/mol. The number of rotatable bonds is 3. The first-order valence-corrected chi connectivity index (χ1v) is 7.18. The first kappa shape index (κ1) is 13.8. The number of halogens is 2. The van der Waals surface area contributed by atoms with Gasteiger partial charge in [-0.1, -0.05) is 23.2 Å². The molecule has 1 heterocycles. The lowest BCUT2D eigenvalue weighted by Crippen LogP contribution is -2.37. The van der Waals surface area contributed by atoms with Gasteiger partial charge in [-0.2, -0.15) is 0 Å². The molecule has 1 aromatic carbocycles. The summed E-state index contributed by atoms with van der Waals surface area (Å²) in [6.45, 7) is 0. The third-order valence-electron chi connectivity index (χ3n) is 2.53. The van der Waals surface area contributed by atoms with E-state index in [4.69, 9.17) is 27.9 Å². The predicted octanol–water partition coefficient (Wildman–Crippen LogP) is 2.60. The molecule has 2 rings (SSSR count). The third-order valence-corrected chi connectivity index (χ3v) is 4.08. The van der Waals surface area contributed by atoms with E-state index in [0.29, 0.717) is 21.5 Å². The van der Waals surface area contributed by atoms with Crippen molar-refractivity contribution in [3.8, 4) is 5.75 Å². The molecule has 1 aliphatic heterocycles. The van der Waals surface area contributed by atoms with E-state index in [1.54, 1.807) is 23.9 Å². The van der Waals surface area contributed by atoms with E-state index in [0.717, 1.165) is 11.6 Å². The molecule has 0 radical (unpaired) electrons. The summed E-state index contributed by atoms with van der Waals surface area (Å²) in [7, 11) is 1.51. The Labute approximate surface area is 119 Å². The molecule has 1 aromatic rings. The first-order chi connectivity index (χ1) is 8.61. The van der Waals surface area contributed by atoms with Gasteiger partial charge in [0.15, 0.2) is 0 Å². The zero-order chi connectivity index (χ0) is 13.1. The molecule has 1 fully saturated rings. The summed E-state index contributed by atoms with van der Waals surface area (Å²) >= 11 is 13.7. The Morgan fingerprint density at radius 1 is 1.50 bits per heavy atom. The minimum Gasteiger partial charge on any atom is -0.495 e. The van der Waals surface area contributed by atoms with Gasteiger partial charge in [0.25, 0.3) is 0 Å². The van der Waals surface area contributed by atoms with E-state index >= 15 is 0 Å². The van der Waals surface area contributed by atoms with Crippen LogP contribution in [0, 0.1) is 0 Å². The van der Waals surface area contributed by atoms with Gasteiger partial charge >= 0.3 is 0 Å². The highest BCUT2D eigenvalue weighted by Crippen LogP contribution is 2.34. The molecule has 0 spiro atoms. The third kappa shape index (κ3) is 3.03. The molecule has 1 amide bonds. The fraction of sp³-hybridized carbons (Fsp3) is 0.364. The number of amides is 1. The van der Waals surface area contributed by atoms with Crippen LogP contribution in [0.2, 0.25) is 10.0 Å². The molecule has 1 unspecified atom stereocenters. The lowest BCUT2D eigenvalue weighted by molar-refractivity contribution is -0.117. The van der Waals surface area contributed by atoms with Crippen molar-refractivity contribution < 1.29 is 9.53 Å². The van der Waals surface area contributed by atoms with E-state index < -0.39 is 0 Å². The summed E-state index contributed by atoms with van der Waals surface area (Å²) in [5.74, 6) is 1.92. The van der Waals surface area contributed by atoms with Crippen LogP contribution in [0.25, 0.3) is 0 Å². The van der Waals surface area contributed by atoms with Crippen molar-refractivity contribution in [2.45, 2.75) is 6.04 Å². The van der Waals surface area contributed by atoms with Gasteiger partial charge in [-0.25, -0.2) is 0 Å². The van der Waals surface area contributed by atoms with Crippen molar-refractivity contribution >= 4 is 46.6 Å². The normalized spacial score (nSPS) is 18.7. The molecule has 7 heteroatoms. The minimum atomic E-state index is -0.188. The fourth-order valence-electron chi connectivity index (χ4n) is 1.56. The standard InChI is InChI=1S/C11H12Cl2N2O2S/c1-17-10-3-6(12)8(2-7(10)13)15-11(16)9-4-18-5-14-9/h2-3,9,14H,4-5H2,1H3,(H,15,16). The Balaban J connectivity index is 2.13. The number of nitrogens with one attached hydrogen (secondary N) is 2. The van der Waals surface area contributed by atoms with Crippen LogP contribution in [-0.2, 0) is 4.79 Å². The lowest BCUT2D eigenvalue weighted by Gasteiger charge is -2.13. The average Bonchev–Trinajstić information content (AvgIpc) is 2.87. The molecule has 1 atom stereocenters. The molecule has 98 valence electrons. The number of carbonyl (C=O) groups excluding carboxylic acids is 1. The first-order valence-electron chi connectivity index (χ1n) is 5.27. The fourth-order valence-corrected chi connectivity index (χ4v) is 2.95. The summed E-state index contributed by atoms with van der Waals surface area (Å²) in [5, 5.41) is 6.65. The van der Waals surface area contributed by atoms with Crippen molar-refractivity contribution in [2.75, 3.05) is 24.1 Å². The summed E-state index contributed by atoms with van der Waals surface area (Å²) < 4.78 is 5.04. The highest BCUT2D eigenvalue weighted by atomic mass is 35.5. The largest absolute Gasteiger partial charge is 0.495 e. The van der Waals surface area contributed by atoms with E-state index in [1.165, 1.54) is 7.11 Å². The second-order valence-corrected chi connectivity index (χ2v) is 5.57. The zero-order valence-corrected chi connectivity index (χ0v) is 12.0. The molecule has 0 aromatic heterocycles. The second-order valence-electron chi connectivity index (χ2n) is 3.73. The lowest BCUT2D eigenvalue weighted by atomic mass is 10.2. The topological polar surface area (TPSA) is 50.4 Å². The Morgan fingerprint density at radius 2 is 2.28 bits per heavy atom. The highest BCUT2D eigenvalue weighted by molar-refractivity contribution is 7.99. The minimum absolute atomic E-state index is 0.108. The number of ether oxygens (including phenoxy) is 1. The van der Waals surface area contributed by atoms with E-state index in [9.17, 15) is 4.79 Å². The van der Waals surface area contributed by atoms with Gasteiger partial charge in [-0.3, -0.25) is 10.1 Å². The van der Waals surface area contributed by atoms with Crippen LogP contribution < -0.4 is 15.4 Å². The summed E-state index contributed by atoms with van der Waals surface area (Å²) in [5.41, 5.74) is 0.492. The maximum atomic E-state index is 11.9. The van der Waals surface area contributed by atoms with E-state index in [-0.39, 0.29) is 11.9 Å². The monoisotopic (exact) mass is 306 g/mol. The molecule has 1 aliphatic rings. The number of thioether (sulfide) groups is 1. The van der Waals surface area contributed by atoms with Crippen LogP contribution in [0.15, 0.2) is 12.1 Å². The van der Waals surface area contributed by atoms with Gasteiger partial charge in [0.2, 0.25) is 5.91 Å². The van der Waals surface area contributed by atoms with Gasteiger partial charge in [0.1, 0.15) is 5.75 Å². The van der Waals surface area contributed by atoms with Crippen LogP contribution in [0.4, 0.5) is 5.69 Å². The SMILES string of the molecule is COc1cc(Cl)c(NC(=O)C2CSCN2)cc1Cl. The maximum absolute atomic E-state index is 11.9. The van der Waals surface area contributed by atoms with Crippen molar-refractivity contribution in [1.82, 2.24) is 5.32 Å². The number of hydrogen-bond donors (Lipinski definition) is 2. The van der Waals surface area contributed by atoms with Gasteiger partial charge in [-0.15, -0.1) is 11.8 Å². The molecule has 4 nitrogen and oxygen atoms in total. The van der Waals surface area contributed by atoms with Crippen LogP contribution >= 0.6 is 35.0 Å². The van der Waals surface area contributed by atoms with Crippen LogP contribution in [0.5, 0.6) is 5.75 Å². The van der Waals surface area contributed by atoms with E-state index in [2.05, 4.69) is 10.6 Å². The average molecular weight is 307 g/mol. The van der Waals surface area contributed by atoms with Crippen molar-refractivity contribution in [3.63, 3.8) is 0 Å². The number of anilines is 1. The van der Waals surface area contributed by atoms with Gasteiger partial charge in [0.05, 0.1) is 28.9 Å². The van der Waals surface area contributed by atoms with E-state index in [1.807, 2.05) is 0 Å². The van der Waals surface area contributed by atoms with Crippen LogP contribution in [-0.4, -0.2) is 30.7 Å². The molecule has 18 heavy (non-hydrogen) atoms. The second kappa shape index (κ2) is 6.02. The summed E-state index contributed by atoms with van der Waals surface area (Å²) in [6.07, 6.45) is 0. The Hall–Kier alpha value is -0.620. The summed E-state index contributed by atoms with van der Waals surface area (Å²) in [4.78, 5) is 11.9. The molecule has 2 N–H and O–H groups in total. The molecular weight excluding hydrogens is 295 g/mol. The van der Waals surface area contributed by atoms with Crippen LogP contribution in [0.1, 0.15) is 0 Å². The highest BCUT2D eigenvalue weighted by Gasteiger charge is 2.23. The zero-order valence-electron chi connectivity index (χ0n) is 9.63. The molecule has 0 bridgehead atoms. The maximum Gasteiger partial charge on any atom is 0.242 e. The quantitative estimate of drug-likeness (QED) is 0.901. The number of carbonyl (C=O) groups is 1. The Kier molecular flexibility index (Phi) is 4.61. The summed E-state index contributed by atoms with van der Waals surface area (Å²) in [6, 6.07) is 2.98. The van der Waals surface area contributed by atoms with Gasteiger partial charge in [-0.05, 0) is 6.07 Å². The Morgan fingerprint density at radius 3 is 2.89 bits per heavy atom. The molecular formula is C11H12Cl2N2O2S. The van der Waals surface area contributed by atoms with Crippen molar-refractivity contribution in [2.24, 2.45) is 0 Å². The number of benzene rings is 1. The number of methoxy groups -OCH3 is 1. The van der Waals surface area contributed by atoms with Crippen molar-refractivity contribution in [1.29, 1.82) is 0 Å². The van der Waals surface area contributed by atoms with Crippen molar-refractivity contribution in [3.05, 3.63) is 22.2 Å². The van der Waals surface area contributed by atoms with Gasteiger partial charge in [0, 0.05) is 17.7 Å². The van der Waals surface area contributed by atoms with Gasteiger partial charge < -0.3 is 10.1 Å². The molecule has 1 saturated heterocycles. The molecule has 0 saturated carbocycles. The smallest absolute Gasteiger partial charge is 0.242 e.